The Hall–Kier alpha value is -2.00. The van der Waals surface area contributed by atoms with E-state index in [9.17, 15) is 13.9 Å². The van der Waals surface area contributed by atoms with Gasteiger partial charge < -0.3 is 5.11 Å². The molecule has 0 aliphatic carbocycles. The van der Waals surface area contributed by atoms with Crippen LogP contribution in [-0.4, -0.2) is 23.9 Å². The van der Waals surface area contributed by atoms with Crippen molar-refractivity contribution >= 4 is 6.34 Å². The first-order valence-corrected chi connectivity index (χ1v) is 5.27. The molecule has 0 bridgehead atoms. The second-order valence-electron chi connectivity index (χ2n) is 3.86. The average molecular weight is 252 g/mol. The van der Waals surface area contributed by atoms with Gasteiger partial charge in [-0.05, 0) is 17.5 Å². The summed E-state index contributed by atoms with van der Waals surface area (Å²) in [4.78, 5) is 0.919. The van der Waals surface area contributed by atoms with E-state index < -0.39 is 23.7 Å². The summed E-state index contributed by atoms with van der Waals surface area (Å²) in [5.41, 5.74) is 0.0565. The van der Waals surface area contributed by atoms with Gasteiger partial charge in [-0.15, -0.1) is 6.10 Å². The molecule has 0 amide bonds. The maximum atomic E-state index is 13.6. The molecule has 18 heavy (non-hydrogen) atoms. The zero-order valence-electron chi connectivity index (χ0n) is 9.73. The van der Waals surface area contributed by atoms with Crippen LogP contribution in [0.4, 0.5) is 8.78 Å². The summed E-state index contributed by atoms with van der Waals surface area (Å²) in [6, 6.07) is 2.96. The second-order valence-corrected chi connectivity index (χ2v) is 3.86. The molecule has 4 nitrogen and oxygen atoms in total. The van der Waals surface area contributed by atoms with E-state index in [0.717, 1.165) is 17.3 Å². The molecular weight excluding hydrogens is 240 g/mol. The molecule has 1 aromatic rings. The Labute approximate surface area is 104 Å². The number of hydrogen-bond donors (Lipinski definition) is 1. The van der Waals surface area contributed by atoms with Crippen LogP contribution in [0.2, 0.25) is 0 Å². The highest BCUT2D eigenvalue weighted by Crippen LogP contribution is 2.23. The van der Waals surface area contributed by atoms with E-state index in [1.165, 1.54) is 13.0 Å². The SMILES string of the molecule is C[C@H]([O-])C(CN(C#N)C=N)c1ccc(F)cc1F. The van der Waals surface area contributed by atoms with Crippen LogP contribution in [0.3, 0.4) is 0 Å². The average Bonchev–Trinajstić information content (AvgIpc) is 2.32. The first kappa shape index (κ1) is 14.1. The lowest BCUT2D eigenvalue weighted by molar-refractivity contribution is -0.420. The first-order chi connectivity index (χ1) is 8.49. The molecule has 0 saturated carbocycles. The van der Waals surface area contributed by atoms with Crippen molar-refractivity contribution in [3.8, 4) is 6.19 Å². The van der Waals surface area contributed by atoms with E-state index in [2.05, 4.69) is 0 Å². The Bertz CT molecular complexity index is 471. The molecule has 0 heterocycles. The molecule has 1 aromatic carbocycles. The van der Waals surface area contributed by atoms with Gasteiger partial charge in [-0.3, -0.25) is 10.3 Å². The Morgan fingerprint density at radius 3 is 2.67 bits per heavy atom. The molecule has 1 unspecified atom stereocenters. The van der Waals surface area contributed by atoms with Crippen LogP contribution in [0.15, 0.2) is 18.2 Å². The van der Waals surface area contributed by atoms with Gasteiger partial charge in [-0.1, -0.05) is 13.0 Å². The summed E-state index contributed by atoms with van der Waals surface area (Å²) in [5, 5.41) is 27.2. The standard InChI is InChI=1S/C12H12F2N3O/c1-8(18)11(5-17(6-15)7-16)10-3-2-9(13)4-12(10)14/h2-4,6,8,11,15H,5H2,1H3/q-1/t8-,11?/m0/s1. The van der Waals surface area contributed by atoms with Crippen molar-refractivity contribution in [2.75, 3.05) is 6.54 Å². The number of rotatable bonds is 5. The van der Waals surface area contributed by atoms with Gasteiger partial charge in [0.15, 0.2) is 6.19 Å². The number of halogens is 2. The normalized spacial score (nSPS) is 13.5. The van der Waals surface area contributed by atoms with E-state index in [-0.39, 0.29) is 12.1 Å². The highest BCUT2D eigenvalue weighted by Gasteiger charge is 2.19. The smallest absolute Gasteiger partial charge is 0.185 e. The summed E-state index contributed by atoms with van der Waals surface area (Å²) in [5.74, 6) is -2.37. The summed E-state index contributed by atoms with van der Waals surface area (Å²) < 4.78 is 26.4. The van der Waals surface area contributed by atoms with Gasteiger partial charge in [0.2, 0.25) is 0 Å². The van der Waals surface area contributed by atoms with Crippen LogP contribution in [0.5, 0.6) is 0 Å². The van der Waals surface area contributed by atoms with Crippen molar-refractivity contribution in [1.82, 2.24) is 4.90 Å². The van der Waals surface area contributed by atoms with Gasteiger partial charge in [0.25, 0.3) is 0 Å². The summed E-state index contributed by atoms with van der Waals surface area (Å²) in [7, 11) is 0. The van der Waals surface area contributed by atoms with Gasteiger partial charge in [-0.2, -0.15) is 5.26 Å². The fraction of sp³-hybridized carbons (Fsp3) is 0.333. The van der Waals surface area contributed by atoms with Gasteiger partial charge in [0, 0.05) is 12.6 Å². The number of benzene rings is 1. The molecule has 2 atom stereocenters. The topological polar surface area (TPSA) is 73.9 Å². The van der Waals surface area contributed by atoms with Crippen LogP contribution in [0, 0.1) is 28.5 Å². The number of nitriles is 1. The lowest BCUT2D eigenvalue weighted by atomic mass is 9.93. The van der Waals surface area contributed by atoms with Crippen LogP contribution >= 0.6 is 0 Å². The van der Waals surface area contributed by atoms with Gasteiger partial charge >= 0.3 is 0 Å². The first-order valence-electron chi connectivity index (χ1n) is 5.27. The third-order valence-electron chi connectivity index (χ3n) is 2.61. The number of nitrogens with one attached hydrogen (secondary N) is 1. The molecule has 0 aromatic heterocycles. The van der Waals surface area contributed by atoms with Crippen LogP contribution in [0.25, 0.3) is 0 Å². The van der Waals surface area contributed by atoms with E-state index in [0.29, 0.717) is 6.07 Å². The van der Waals surface area contributed by atoms with Crippen molar-refractivity contribution in [2.24, 2.45) is 0 Å². The predicted molar refractivity (Wildman–Crippen MR) is 59.7 cm³/mol. The Morgan fingerprint density at radius 1 is 1.56 bits per heavy atom. The van der Waals surface area contributed by atoms with Crippen LogP contribution < -0.4 is 5.11 Å². The number of hydrogen-bond acceptors (Lipinski definition) is 3. The van der Waals surface area contributed by atoms with Gasteiger partial charge in [0.1, 0.15) is 11.6 Å². The lowest BCUT2D eigenvalue weighted by Gasteiger charge is -2.30. The molecule has 0 saturated heterocycles. The highest BCUT2D eigenvalue weighted by molar-refractivity contribution is 5.53. The molecular formula is C12H12F2N3O-. The molecule has 1 rings (SSSR count). The van der Waals surface area contributed by atoms with Gasteiger partial charge in [0.05, 0.1) is 6.34 Å². The largest absolute Gasteiger partial charge is 0.852 e. The third-order valence-corrected chi connectivity index (χ3v) is 2.61. The fourth-order valence-corrected chi connectivity index (χ4v) is 1.64. The quantitative estimate of drug-likeness (QED) is 0.370. The molecule has 96 valence electrons. The Kier molecular flexibility index (Phi) is 4.75. The van der Waals surface area contributed by atoms with Crippen molar-refractivity contribution in [2.45, 2.75) is 18.9 Å². The molecule has 0 spiro atoms. The van der Waals surface area contributed by atoms with E-state index in [1.807, 2.05) is 0 Å². The molecule has 1 N–H and O–H groups in total. The van der Waals surface area contributed by atoms with E-state index >= 15 is 0 Å². The second kappa shape index (κ2) is 6.07. The van der Waals surface area contributed by atoms with Crippen molar-refractivity contribution < 1.29 is 13.9 Å². The minimum absolute atomic E-state index is 0.0565. The minimum Gasteiger partial charge on any atom is -0.852 e. The zero-order chi connectivity index (χ0) is 13.7. The Balaban J connectivity index is 3.05. The molecule has 0 aliphatic rings. The molecule has 0 radical (unpaired) electrons. The van der Waals surface area contributed by atoms with Crippen LogP contribution in [0.1, 0.15) is 18.4 Å². The van der Waals surface area contributed by atoms with Crippen LogP contribution in [-0.2, 0) is 0 Å². The zero-order valence-corrected chi connectivity index (χ0v) is 9.73. The fourth-order valence-electron chi connectivity index (χ4n) is 1.64. The molecule has 6 heteroatoms. The maximum Gasteiger partial charge on any atom is 0.185 e. The van der Waals surface area contributed by atoms with Crippen molar-refractivity contribution in [3.05, 3.63) is 35.4 Å². The monoisotopic (exact) mass is 252 g/mol. The van der Waals surface area contributed by atoms with E-state index in [1.54, 1.807) is 6.19 Å². The van der Waals surface area contributed by atoms with Crippen molar-refractivity contribution in [1.29, 1.82) is 10.7 Å². The minimum atomic E-state index is -1.18. The Morgan fingerprint density at radius 2 is 2.22 bits per heavy atom. The molecule has 0 fully saturated rings. The lowest BCUT2D eigenvalue weighted by Crippen LogP contribution is -2.36. The maximum absolute atomic E-state index is 13.6. The third kappa shape index (κ3) is 3.25. The summed E-state index contributed by atoms with van der Waals surface area (Å²) >= 11 is 0. The predicted octanol–water partition coefficient (Wildman–Crippen LogP) is 1.19. The van der Waals surface area contributed by atoms with Crippen molar-refractivity contribution in [3.63, 3.8) is 0 Å². The summed E-state index contributed by atoms with van der Waals surface area (Å²) in [6.45, 7) is 1.24. The van der Waals surface area contributed by atoms with E-state index in [4.69, 9.17) is 10.7 Å². The highest BCUT2D eigenvalue weighted by atomic mass is 19.1. The van der Waals surface area contributed by atoms with Gasteiger partial charge in [-0.25, -0.2) is 8.78 Å². The molecule has 0 aliphatic heterocycles. The number of nitrogens with zero attached hydrogens (tertiary/aromatic N) is 2. The summed E-state index contributed by atoms with van der Waals surface area (Å²) in [6.07, 6.45) is 1.27.